The first kappa shape index (κ1) is 30.3. The van der Waals surface area contributed by atoms with Crippen LogP contribution in [0.4, 0.5) is 10.1 Å². The van der Waals surface area contributed by atoms with Gasteiger partial charge < -0.3 is 25.8 Å². The van der Waals surface area contributed by atoms with Crippen LogP contribution in [-0.4, -0.2) is 37.6 Å². The van der Waals surface area contributed by atoms with E-state index < -0.39 is 6.04 Å². The maximum absolute atomic E-state index is 13.0. The molecule has 38 heavy (non-hydrogen) atoms. The second kappa shape index (κ2) is 16.0. The predicted molar refractivity (Wildman–Crippen MR) is 149 cm³/mol. The lowest BCUT2D eigenvalue weighted by Crippen LogP contribution is -2.39. The Hall–Kier alpha value is -3.91. The molecule has 3 aromatic rings. The van der Waals surface area contributed by atoms with Gasteiger partial charge in [0.2, 0.25) is 5.91 Å². The maximum Gasteiger partial charge on any atom is 0.251 e. The van der Waals surface area contributed by atoms with Gasteiger partial charge in [-0.3, -0.25) is 9.59 Å². The number of carbonyl (C=O) groups is 2. The Morgan fingerprint density at radius 2 is 1.50 bits per heavy atom. The maximum atomic E-state index is 13.0. The van der Waals surface area contributed by atoms with E-state index in [1.807, 2.05) is 32.0 Å². The molecule has 2 unspecified atom stereocenters. The van der Waals surface area contributed by atoms with Gasteiger partial charge >= 0.3 is 0 Å². The van der Waals surface area contributed by atoms with Crippen LogP contribution in [0.15, 0.2) is 72.8 Å². The molecule has 3 rings (SSSR count). The van der Waals surface area contributed by atoms with Crippen molar-refractivity contribution in [1.29, 1.82) is 0 Å². The second-order valence-corrected chi connectivity index (χ2v) is 8.82. The van der Waals surface area contributed by atoms with Crippen LogP contribution in [0, 0.1) is 18.7 Å². The molecule has 7 nitrogen and oxygen atoms in total. The van der Waals surface area contributed by atoms with Crippen molar-refractivity contribution in [2.75, 3.05) is 25.1 Å². The first-order valence-electron chi connectivity index (χ1n) is 12.7. The summed E-state index contributed by atoms with van der Waals surface area (Å²) in [6.07, 6.45) is 0.372. The van der Waals surface area contributed by atoms with Crippen molar-refractivity contribution in [3.8, 4) is 11.5 Å². The van der Waals surface area contributed by atoms with E-state index in [-0.39, 0.29) is 30.1 Å². The minimum absolute atomic E-state index is 0.204. The van der Waals surface area contributed by atoms with Crippen LogP contribution in [-0.2, 0) is 4.79 Å². The Bertz CT molecular complexity index is 1120. The van der Waals surface area contributed by atoms with E-state index in [9.17, 15) is 14.0 Å². The molecule has 0 saturated heterocycles. The summed E-state index contributed by atoms with van der Waals surface area (Å²) in [5, 5.41) is 5.51. The van der Waals surface area contributed by atoms with Gasteiger partial charge in [-0.2, -0.15) is 0 Å². The van der Waals surface area contributed by atoms with Crippen molar-refractivity contribution in [3.05, 3.63) is 89.7 Å². The fraction of sp³-hybridized carbons (Fsp3) is 0.333. The Labute approximate surface area is 224 Å². The Morgan fingerprint density at radius 1 is 0.921 bits per heavy atom. The van der Waals surface area contributed by atoms with Gasteiger partial charge in [-0.1, -0.05) is 42.8 Å². The van der Waals surface area contributed by atoms with Gasteiger partial charge in [-0.25, -0.2) is 4.39 Å². The third-order valence-electron chi connectivity index (χ3n) is 5.45. The highest BCUT2D eigenvalue weighted by molar-refractivity contribution is 5.95. The quantitative estimate of drug-likeness (QED) is 0.315. The highest BCUT2D eigenvalue weighted by Crippen LogP contribution is 2.23. The van der Waals surface area contributed by atoms with E-state index in [1.54, 1.807) is 25.1 Å². The van der Waals surface area contributed by atoms with Gasteiger partial charge in [-0.15, -0.1) is 0 Å². The smallest absolute Gasteiger partial charge is 0.251 e. The van der Waals surface area contributed by atoms with Crippen molar-refractivity contribution in [1.82, 2.24) is 5.32 Å². The molecule has 4 N–H and O–H groups in total. The molecule has 0 radical (unpaired) electrons. The summed E-state index contributed by atoms with van der Waals surface area (Å²) in [6, 6.07) is 20.4. The van der Waals surface area contributed by atoms with Gasteiger partial charge in [0.1, 0.15) is 17.3 Å². The van der Waals surface area contributed by atoms with Gasteiger partial charge in [0.15, 0.2) is 0 Å². The fourth-order valence-electron chi connectivity index (χ4n) is 3.51. The molecule has 204 valence electrons. The van der Waals surface area contributed by atoms with Gasteiger partial charge in [0.05, 0.1) is 13.2 Å². The molecule has 0 aliphatic rings. The summed E-state index contributed by atoms with van der Waals surface area (Å²) in [5.74, 6) is -0.185. The second-order valence-electron chi connectivity index (χ2n) is 8.82. The third kappa shape index (κ3) is 11.0. The molecule has 3 aromatic carbocycles. The van der Waals surface area contributed by atoms with E-state index >= 15 is 0 Å². The van der Waals surface area contributed by atoms with Crippen LogP contribution < -0.4 is 25.8 Å². The minimum atomic E-state index is -0.417. The van der Waals surface area contributed by atoms with Crippen LogP contribution in [0.3, 0.4) is 0 Å². The first-order valence-corrected chi connectivity index (χ1v) is 12.7. The summed E-state index contributed by atoms with van der Waals surface area (Å²) in [4.78, 5) is 24.9. The normalized spacial score (nSPS) is 11.8. The van der Waals surface area contributed by atoms with E-state index in [1.165, 1.54) is 29.8 Å². The molecule has 0 aliphatic heterocycles. The largest absolute Gasteiger partial charge is 0.494 e. The topological polar surface area (TPSA) is 103 Å². The van der Waals surface area contributed by atoms with Gasteiger partial charge in [-0.05, 0) is 63.6 Å². The molecule has 0 bridgehead atoms. The van der Waals surface area contributed by atoms with Crippen LogP contribution in [0.25, 0.3) is 0 Å². The molecule has 8 heteroatoms. The lowest BCUT2D eigenvalue weighted by atomic mass is 10.0. The number of amides is 2. The third-order valence-corrected chi connectivity index (χ3v) is 5.45. The molecule has 0 aliphatic carbocycles. The SMILES string of the molecule is CCOc1cc(OCC)cc(C(=O)NCC(N)CC(C)C(=O)Nc2ccc(F)cc2)c1.Cc1ccccc1. The predicted octanol–water partition coefficient (Wildman–Crippen LogP) is 5.34. The fourth-order valence-corrected chi connectivity index (χ4v) is 3.51. The monoisotopic (exact) mass is 523 g/mol. The molecule has 0 spiro atoms. The number of halogens is 1. The number of ether oxygens (including phenoxy) is 2. The average Bonchev–Trinajstić information content (AvgIpc) is 2.89. The number of hydrogen-bond donors (Lipinski definition) is 3. The van der Waals surface area contributed by atoms with Gasteiger partial charge in [0.25, 0.3) is 5.91 Å². The summed E-state index contributed by atoms with van der Waals surface area (Å²) in [7, 11) is 0. The zero-order valence-electron chi connectivity index (χ0n) is 22.5. The molecular weight excluding hydrogens is 485 g/mol. The zero-order valence-corrected chi connectivity index (χ0v) is 22.5. The highest BCUT2D eigenvalue weighted by atomic mass is 19.1. The summed E-state index contributed by atoms with van der Waals surface area (Å²) >= 11 is 0. The Kier molecular flexibility index (Phi) is 12.8. The minimum Gasteiger partial charge on any atom is -0.494 e. The molecule has 0 aromatic heterocycles. The molecular formula is C30H38FN3O4. The number of benzene rings is 3. The van der Waals surface area contributed by atoms with E-state index in [4.69, 9.17) is 15.2 Å². The van der Waals surface area contributed by atoms with Gasteiger partial charge in [0, 0.05) is 35.8 Å². The number of rotatable bonds is 11. The Morgan fingerprint density at radius 3 is 2.00 bits per heavy atom. The average molecular weight is 524 g/mol. The number of carbonyl (C=O) groups excluding carboxylic acids is 2. The number of hydrogen-bond acceptors (Lipinski definition) is 5. The molecule has 2 amide bonds. The van der Waals surface area contributed by atoms with Crippen molar-refractivity contribution in [2.24, 2.45) is 11.7 Å². The molecule has 0 saturated carbocycles. The number of nitrogens with two attached hydrogens (primary N) is 1. The molecule has 0 heterocycles. The summed E-state index contributed by atoms with van der Waals surface area (Å²) in [6.45, 7) is 8.70. The van der Waals surface area contributed by atoms with Crippen molar-refractivity contribution >= 4 is 17.5 Å². The highest BCUT2D eigenvalue weighted by Gasteiger charge is 2.18. The van der Waals surface area contributed by atoms with Crippen molar-refractivity contribution < 1.29 is 23.5 Å². The molecule has 2 atom stereocenters. The number of nitrogens with one attached hydrogen (secondary N) is 2. The lowest BCUT2D eigenvalue weighted by Gasteiger charge is -2.18. The lowest BCUT2D eigenvalue weighted by molar-refractivity contribution is -0.119. The van der Waals surface area contributed by atoms with Crippen LogP contribution in [0.1, 0.15) is 43.1 Å². The van der Waals surface area contributed by atoms with Crippen LogP contribution >= 0.6 is 0 Å². The summed E-state index contributed by atoms with van der Waals surface area (Å²) in [5.41, 5.74) is 8.35. The first-order chi connectivity index (χ1) is 18.2. The van der Waals surface area contributed by atoms with Crippen LogP contribution in [0.5, 0.6) is 11.5 Å². The zero-order chi connectivity index (χ0) is 27.9. The van der Waals surface area contributed by atoms with E-state index in [0.717, 1.165) is 0 Å². The van der Waals surface area contributed by atoms with E-state index in [2.05, 4.69) is 29.7 Å². The number of aryl methyl sites for hydroxylation is 1. The van der Waals surface area contributed by atoms with E-state index in [0.29, 0.717) is 42.4 Å². The number of anilines is 1. The van der Waals surface area contributed by atoms with Crippen LogP contribution in [0.2, 0.25) is 0 Å². The molecule has 0 fully saturated rings. The summed E-state index contributed by atoms with van der Waals surface area (Å²) < 4.78 is 24.0. The van der Waals surface area contributed by atoms with Crippen molar-refractivity contribution in [2.45, 2.75) is 40.2 Å². The standard InChI is InChI=1S/C23H30FN3O4.C7H8/c1-4-30-20-11-16(12-21(13-20)31-5-2)23(29)26-14-18(25)10-15(3)22(28)27-19-8-6-17(24)7-9-19;1-7-5-3-2-4-6-7/h6-9,11-13,15,18H,4-5,10,14,25H2,1-3H3,(H,26,29)(H,27,28);2-6H,1H3. The Balaban J connectivity index is 0.000000624. The van der Waals surface area contributed by atoms with Crippen molar-refractivity contribution in [3.63, 3.8) is 0 Å².